The number of nitrogens with one attached hydrogen (secondary N) is 2. The molecule has 2 amide bonds. The molecule has 216 valence electrons. The Morgan fingerprint density at radius 1 is 0.769 bits per heavy atom. The highest BCUT2D eigenvalue weighted by Crippen LogP contribution is 2.02. The fourth-order valence-electron chi connectivity index (χ4n) is 3.18. The summed E-state index contributed by atoms with van der Waals surface area (Å²) in [6.45, 7) is 4.23. The van der Waals surface area contributed by atoms with Gasteiger partial charge >= 0.3 is 11.9 Å². The molecule has 0 rings (SSSR count). The average Bonchev–Trinajstić information content (AvgIpc) is 2.91. The van der Waals surface area contributed by atoms with E-state index in [1.807, 2.05) is 6.08 Å². The van der Waals surface area contributed by atoms with Crippen LogP contribution in [0.3, 0.4) is 0 Å². The maximum absolute atomic E-state index is 12.1. The number of esters is 1. The lowest BCUT2D eigenvalue weighted by Crippen LogP contribution is -2.41. The summed E-state index contributed by atoms with van der Waals surface area (Å²) in [5, 5.41) is 14.4. The van der Waals surface area contributed by atoms with E-state index in [4.69, 9.17) is 0 Å². The molecule has 0 aliphatic carbocycles. The number of ether oxygens (including phenoxy) is 1. The van der Waals surface area contributed by atoms with E-state index in [1.165, 1.54) is 0 Å². The number of carboxylic acid groups (broad SMARTS) is 1. The van der Waals surface area contributed by atoms with Gasteiger partial charge in [0.2, 0.25) is 11.8 Å². The average molecular weight is 543 g/mol. The zero-order valence-corrected chi connectivity index (χ0v) is 23.5. The van der Waals surface area contributed by atoms with Crippen molar-refractivity contribution in [3.05, 3.63) is 72.9 Å². The molecule has 0 bridgehead atoms. The van der Waals surface area contributed by atoms with Crippen molar-refractivity contribution in [3.8, 4) is 0 Å². The van der Waals surface area contributed by atoms with Crippen molar-refractivity contribution in [1.82, 2.24) is 10.6 Å². The van der Waals surface area contributed by atoms with E-state index in [0.717, 1.165) is 50.7 Å². The molecule has 0 aliphatic rings. The Kier molecular flexibility index (Phi) is 23.5. The van der Waals surface area contributed by atoms with Crippen LogP contribution >= 0.6 is 0 Å². The van der Waals surface area contributed by atoms with Crippen LogP contribution in [0.2, 0.25) is 0 Å². The van der Waals surface area contributed by atoms with Crippen LogP contribution in [0.15, 0.2) is 72.9 Å². The summed E-state index contributed by atoms with van der Waals surface area (Å²) in [4.78, 5) is 46.4. The number of hydrogen-bond donors (Lipinski definition) is 3. The Hall–Kier alpha value is -3.68. The first-order valence-corrected chi connectivity index (χ1v) is 13.8. The van der Waals surface area contributed by atoms with Crippen LogP contribution in [0.5, 0.6) is 0 Å². The third-order valence-electron chi connectivity index (χ3n) is 5.19. The van der Waals surface area contributed by atoms with E-state index in [0.29, 0.717) is 12.8 Å². The van der Waals surface area contributed by atoms with Gasteiger partial charge in [-0.05, 0) is 64.7 Å². The second-order valence-electron chi connectivity index (χ2n) is 8.58. The van der Waals surface area contributed by atoms with Gasteiger partial charge in [0.25, 0.3) is 0 Å². The molecule has 0 aliphatic heterocycles. The zero-order valence-electron chi connectivity index (χ0n) is 23.5. The summed E-state index contributed by atoms with van der Waals surface area (Å²) in [5.74, 6) is -2.51. The Bertz CT molecular complexity index is 884. The Morgan fingerprint density at radius 3 is 1.87 bits per heavy atom. The fraction of sp³-hybridized carbons (Fsp3) is 0.484. The standard InChI is InChI=1S/C31H46N2O6/c1-3-5-6-7-8-9-10-11-12-13-14-15-16-17-18-19-20-23-29(35)33-27(31(37)38)22-21-26-32-28(34)24-25-30(36)39-4-2/h5-6,8-9,11-12,14-15,17-18,24-25,27H,3-4,7,10,13,16,19-23,26H2,1-2H3,(H,32,34)(H,33,35)(H,37,38)/t27-/m0/s1. The number of carbonyl (C=O) groups excluding carboxylic acids is 3. The van der Waals surface area contributed by atoms with Crippen LogP contribution in [-0.2, 0) is 23.9 Å². The first-order chi connectivity index (χ1) is 18.9. The Labute approximate surface area is 233 Å². The van der Waals surface area contributed by atoms with Gasteiger partial charge in [-0.3, -0.25) is 9.59 Å². The van der Waals surface area contributed by atoms with E-state index in [1.54, 1.807) is 6.92 Å². The summed E-state index contributed by atoms with van der Waals surface area (Å²) in [6, 6.07) is -1.02. The van der Waals surface area contributed by atoms with Gasteiger partial charge in [-0.15, -0.1) is 0 Å². The highest BCUT2D eigenvalue weighted by atomic mass is 16.5. The van der Waals surface area contributed by atoms with E-state index < -0.39 is 23.9 Å². The SMILES string of the molecule is CCC=CCC=CCC=CCC=CCC=CCCCC(=O)N[C@@H](CCCNC(=O)C=CC(=O)OCC)C(=O)O. The number of allylic oxidation sites excluding steroid dienone is 10. The van der Waals surface area contributed by atoms with Crippen LogP contribution in [0.1, 0.15) is 78.1 Å². The number of aliphatic carboxylic acids is 1. The van der Waals surface area contributed by atoms with Gasteiger partial charge in [-0.2, -0.15) is 0 Å². The van der Waals surface area contributed by atoms with Crippen molar-refractivity contribution < 1.29 is 29.0 Å². The molecule has 0 saturated carbocycles. The minimum Gasteiger partial charge on any atom is -0.480 e. The second-order valence-corrected chi connectivity index (χ2v) is 8.58. The maximum Gasteiger partial charge on any atom is 0.330 e. The molecule has 39 heavy (non-hydrogen) atoms. The number of carbonyl (C=O) groups is 4. The Morgan fingerprint density at radius 2 is 1.33 bits per heavy atom. The lowest BCUT2D eigenvalue weighted by molar-refractivity contribution is -0.142. The monoisotopic (exact) mass is 542 g/mol. The van der Waals surface area contributed by atoms with E-state index in [-0.39, 0.29) is 31.9 Å². The molecule has 0 saturated heterocycles. The third kappa shape index (κ3) is 24.4. The Balaban J connectivity index is 3.97. The van der Waals surface area contributed by atoms with Gasteiger partial charge in [-0.25, -0.2) is 9.59 Å². The molecule has 8 heteroatoms. The van der Waals surface area contributed by atoms with Crippen molar-refractivity contribution in [2.24, 2.45) is 0 Å². The summed E-state index contributed by atoms with van der Waals surface area (Å²) in [6.07, 6.45) is 30.3. The third-order valence-corrected chi connectivity index (χ3v) is 5.19. The van der Waals surface area contributed by atoms with Crippen molar-refractivity contribution in [1.29, 1.82) is 0 Å². The molecule has 0 spiro atoms. The summed E-state index contributed by atoms with van der Waals surface area (Å²) in [5.41, 5.74) is 0. The molecule has 8 nitrogen and oxygen atoms in total. The molecule has 0 radical (unpaired) electrons. The van der Waals surface area contributed by atoms with Crippen molar-refractivity contribution >= 4 is 23.8 Å². The molecule has 0 aromatic carbocycles. The molecular weight excluding hydrogens is 496 g/mol. The summed E-state index contributed by atoms with van der Waals surface area (Å²) < 4.78 is 4.68. The van der Waals surface area contributed by atoms with Gasteiger partial charge in [-0.1, -0.05) is 67.7 Å². The van der Waals surface area contributed by atoms with Gasteiger partial charge in [0.1, 0.15) is 6.04 Å². The van der Waals surface area contributed by atoms with Crippen molar-refractivity contribution in [2.75, 3.05) is 13.2 Å². The number of carboxylic acids is 1. The molecular formula is C31H46N2O6. The van der Waals surface area contributed by atoms with Gasteiger partial charge in [0, 0.05) is 25.1 Å². The number of rotatable bonds is 22. The lowest BCUT2D eigenvalue weighted by Gasteiger charge is -2.14. The number of hydrogen-bond acceptors (Lipinski definition) is 5. The van der Waals surface area contributed by atoms with Gasteiger partial charge in [0.05, 0.1) is 6.61 Å². The van der Waals surface area contributed by atoms with Crippen LogP contribution in [0.4, 0.5) is 0 Å². The van der Waals surface area contributed by atoms with E-state index in [2.05, 4.69) is 77.0 Å². The number of amides is 2. The smallest absolute Gasteiger partial charge is 0.330 e. The van der Waals surface area contributed by atoms with Crippen molar-refractivity contribution in [3.63, 3.8) is 0 Å². The summed E-state index contributed by atoms with van der Waals surface area (Å²) >= 11 is 0. The number of unbranched alkanes of at least 4 members (excludes halogenated alkanes) is 1. The van der Waals surface area contributed by atoms with Crippen molar-refractivity contribution in [2.45, 2.75) is 84.1 Å². The maximum atomic E-state index is 12.1. The first kappa shape index (κ1) is 35.3. The van der Waals surface area contributed by atoms with Crippen LogP contribution < -0.4 is 10.6 Å². The predicted octanol–water partition coefficient (Wildman–Crippen LogP) is 5.49. The van der Waals surface area contributed by atoms with Gasteiger partial charge in [0.15, 0.2) is 0 Å². The second kappa shape index (κ2) is 25.9. The predicted molar refractivity (Wildman–Crippen MR) is 156 cm³/mol. The van der Waals surface area contributed by atoms with E-state index >= 15 is 0 Å². The van der Waals surface area contributed by atoms with Gasteiger partial charge < -0.3 is 20.5 Å². The normalized spacial score (nSPS) is 12.9. The molecule has 0 aromatic heterocycles. The van der Waals surface area contributed by atoms with Crippen LogP contribution in [0.25, 0.3) is 0 Å². The molecule has 0 unspecified atom stereocenters. The lowest BCUT2D eigenvalue weighted by atomic mass is 10.1. The molecule has 0 heterocycles. The summed E-state index contributed by atoms with van der Waals surface area (Å²) in [7, 11) is 0. The zero-order chi connectivity index (χ0) is 29.0. The highest BCUT2D eigenvalue weighted by Gasteiger charge is 2.19. The van der Waals surface area contributed by atoms with Crippen LogP contribution in [0, 0.1) is 0 Å². The van der Waals surface area contributed by atoms with Crippen LogP contribution in [-0.4, -0.2) is 48.1 Å². The highest BCUT2D eigenvalue weighted by molar-refractivity contribution is 5.94. The molecule has 3 N–H and O–H groups in total. The quantitative estimate of drug-likeness (QED) is 0.0719. The first-order valence-electron chi connectivity index (χ1n) is 13.8. The minimum atomic E-state index is -1.12. The molecule has 0 fully saturated rings. The van der Waals surface area contributed by atoms with E-state index in [9.17, 15) is 24.3 Å². The molecule has 1 atom stereocenters. The topological polar surface area (TPSA) is 122 Å². The fourth-order valence-corrected chi connectivity index (χ4v) is 3.18. The largest absolute Gasteiger partial charge is 0.480 e. The molecule has 0 aromatic rings. The minimum absolute atomic E-state index is 0.178.